The van der Waals surface area contributed by atoms with Crippen LogP contribution in [-0.2, 0) is 14.8 Å². The smallest absolute Gasteiger partial charge is 0.244 e. The van der Waals surface area contributed by atoms with Gasteiger partial charge < -0.3 is 5.32 Å². The van der Waals surface area contributed by atoms with Gasteiger partial charge in [0.15, 0.2) is 0 Å². The summed E-state index contributed by atoms with van der Waals surface area (Å²) in [6.07, 6.45) is 4.07. The quantitative estimate of drug-likeness (QED) is 0.832. The van der Waals surface area contributed by atoms with E-state index >= 15 is 0 Å². The van der Waals surface area contributed by atoms with Crippen molar-refractivity contribution in [2.75, 3.05) is 18.4 Å². The molecule has 0 saturated carbocycles. The molecule has 0 aliphatic carbocycles. The van der Waals surface area contributed by atoms with Gasteiger partial charge in [-0.1, -0.05) is 23.2 Å². The van der Waals surface area contributed by atoms with Gasteiger partial charge in [-0.25, -0.2) is 8.42 Å². The van der Waals surface area contributed by atoms with Crippen LogP contribution in [0.2, 0.25) is 10.0 Å². The number of benzene rings is 1. The maximum Gasteiger partial charge on any atom is 0.244 e. The van der Waals surface area contributed by atoms with Gasteiger partial charge >= 0.3 is 0 Å². The number of nitrogens with one attached hydrogen (secondary N) is 1. The molecule has 6 nitrogen and oxygen atoms in total. The van der Waals surface area contributed by atoms with E-state index in [1.165, 1.54) is 16.4 Å². The molecule has 1 aliphatic heterocycles. The van der Waals surface area contributed by atoms with E-state index in [-0.39, 0.29) is 34.8 Å². The number of carbonyl (C=O) groups is 1. The summed E-state index contributed by atoms with van der Waals surface area (Å²) >= 11 is 11.9. The summed E-state index contributed by atoms with van der Waals surface area (Å²) in [5.74, 6) is -0.363. The number of aromatic nitrogens is 1. The third kappa shape index (κ3) is 4.17. The molecule has 0 radical (unpaired) electrons. The lowest BCUT2D eigenvalue weighted by Gasteiger charge is -2.30. The summed E-state index contributed by atoms with van der Waals surface area (Å²) in [5, 5.41) is 3.26. The minimum Gasteiger partial charge on any atom is -0.326 e. The molecule has 1 amide bonds. The van der Waals surface area contributed by atoms with Crippen LogP contribution < -0.4 is 5.32 Å². The predicted molar refractivity (Wildman–Crippen MR) is 101 cm³/mol. The number of halogens is 2. The molecule has 3 rings (SSSR count). The third-order valence-corrected chi connectivity index (χ3v) is 6.90. The molecule has 26 heavy (non-hydrogen) atoms. The Labute approximate surface area is 162 Å². The van der Waals surface area contributed by atoms with Crippen molar-refractivity contribution >= 4 is 44.8 Å². The van der Waals surface area contributed by atoms with Crippen molar-refractivity contribution in [3.8, 4) is 0 Å². The van der Waals surface area contributed by atoms with Gasteiger partial charge in [-0.05, 0) is 43.2 Å². The molecule has 0 unspecified atom stereocenters. The molecule has 1 aromatic heterocycles. The van der Waals surface area contributed by atoms with Crippen LogP contribution in [0.25, 0.3) is 0 Å². The zero-order valence-corrected chi connectivity index (χ0v) is 16.1. The number of hydrogen-bond acceptors (Lipinski definition) is 4. The summed E-state index contributed by atoms with van der Waals surface area (Å²) in [7, 11) is -3.75. The first kappa shape index (κ1) is 19.1. The fourth-order valence-electron chi connectivity index (χ4n) is 2.85. The van der Waals surface area contributed by atoms with Gasteiger partial charge in [0.2, 0.25) is 15.9 Å². The number of pyridine rings is 1. The average Bonchev–Trinajstić information content (AvgIpc) is 2.64. The summed E-state index contributed by atoms with van der Waals surface area (Å²) in [6, 6.07) is 7.77. The Balaban J connectivity index is 1.66. The van der Waals surface area contributed by atoms with E-state index in [0.29, 0.717) is 23.6 Å². The molecule has 1 fully saturated rings. The SMILES string of the molecule is O=C(Nc1ccncc1)C1CCN(S(=O)(=O)c2cc(Cl)ccc2Cl)CC1. The van der Waals surface area contributed by atoms with Crippen LogP contribution >= 0.6 is 23.2 Å². The monoisotopic (exact) mass is 413 g/mol. The minimum atomic E-state index is -3.75. The van der Waals surface area contributed by atoms with Crippen molar-refractivity contribution in [1.82, 2.24) is 9.29 Å². The number of amides is 1. The number of anilines is 1. The van der Waals surface area contributed by atoms with E-state index in [0.717, 1.165) is 0 Å². The van der Waals surface area contributed by atoms with Crippen LogP contribution in [-0.4, -0.2) is 36.7 Å². The lowest BCUT2D eigenvalue weighted by molar-refractivity contribution is -0.120. The van der Waals surface area contributed by atoms with Gasteiger partial charge in [-0.3, -0.25) is 9.78 Å². The Morgan fingerprint density at radius 3 is 2.42 bits per heavy atom. The molecule has 0 atom stereocenters. The molecule has 2 heterocycles. The van der Waals surface area contributed by atoms with E-state index in [9.17, 15) is 13.2 Å². The van der Waals surface area contributed by atoms with E-state index in [2.05, 4.69) is 10.3 Å². The Bertz CT molecular complexity index is 899. The van der Waals surface area contributed by atoms with Crippen molar-refractivity contribution in [2.24, 2.45) is 5.92 Å². The first-order valence-electron chi connectivity index (χ1n) is 8.04. The van der Waals surface area contributed by atoms with Gasteiger partial charge in [-0.15, -0.1) is 0 Å². The maximum absolute atomic E-state index is 12.8. The van der Waals surface area contributed by atoms with Gasteiger partial charge in [0.05, 0.1) is 5.02 Å². The first-order valence-corrected chi connectivity index (χ1v) is 10.2. The highest BCUT2D eigenvalue weighted by Crippen LogP contribution is 2.30. The summed E-state index contributed by atoms with van der Waals surface area (Å²) < 4.78 is 27.0. The number of nitrogens with zero attached hydrogens (tertiary/aromatic N) is 2. The van der Waals surface area contributed by atoms with Gasteiger partial charge in [0.25, 0.3) is 0 Å². The van der Waals surface area contributed by atoms with Crippen LogP contribution in [0.5, 0.6) is 0 Å². The number of carbonyl (C=O) groups excluding carboxylic acids is 1. The second kappa shape index (κ2) is 7.92. The minimum absolute atomic E-state index is 0.00801. The summed E-state index contributed by atoms with van der Waals surface area (Å²) in [4.78, 5) is 16.2. The standard InChI is InChI=1S/C17H17Cl2N3O3S/c18-13-1-2-15(19)16(11-13)26(24,25)22-9-5-12(6-10-22)17(23)21-14-3-7-20-8-4-14/h1-4,7-8,11-12H,5-6,9-10H2,(H,20,21,23). The summed E-state index contributed by atoms with van der Waals surface area (Å²) in [5.41, 5.74) is 0.672. The van der Waals surface area contributed by atoms with Crippen molar-refractivity contribution in [1.29, 1.82) is 0 Å². The fraction of sp³-hybridized carbons (Fsp3) is 0.294. The van der Waals surface area contributed by atoms with E-state index in [1.807, 2.05) is 0 Å². The van der Waals surface area contributed by atoms with Crippen LogP contribution in [0, 0.1) is 5.92 Å². The zero-order chi connectivity index (χ0) is 18.7. The van der Waals surface area contributed by atoms with Crippen molar-refractivity contribution < 1.29 is 13.2 Å². The van der Waals surface area contributed by atoms with Crippen LogP contribution in [0.3, 0.4) is 0 Å². The number of rotatable bonds is 4. The normalized spacial score (nSPS) is 16.4. The Morgan fingerprint density at radius 1 is 1.12 bits per heavy atom. The predicted octanol–water partition coefficient (Wildman–Crippen LogP) is 3.43. The Kier molecular flexibility index (Phi) is 5.82. The molecular weight excluding hydrogens is 397 g/mol. The fourth-order valence-corrected chi connectivity index (χ4v) is 5.06. The van der Waals surface area contributed by atoms with Gasteiger partial charge in [0.1, 0.15) is 4.90 Å². The van der Waals surface area contributed by atoms with Crippen molar-refractivity contribution in [2.45, 2.75) is 17.7 Å². The molecule has 2 aromatic rings. The topological polar surface area (TPSA) is 79.4 Å². The van der Waals surface area contributed by atoms with Crippen LogP contribution in [0.1, 0.15) is 12.8 Å². The number of hydrogen-bond donors (Lipinski definition) is 1. The van der Waals surface area contributed by atoms with E-state index in [1.54, 1.807) is 30.6 Å². The highest BCUT2D eigenvalue weighted by atomic mass is 35.5. The third-order valence-electron chi connectivity index (χ3n) is 4.28. The van der Waals surface area contributed by atoms with Crippen LogP contribution in [0.4, 0.5) is 5.69 Å². The van der Waals surface area contributed by atoms with E-state index < -0.39 is 10.0 Å². The molecule has 0 bridgehead atoms. The maximum atomic E-state index is 12.8. The zero-order valence-electron chi connectivity index (χ0n) is 13.7. The van der Waals surface area contributed by atoms with Crippen molar-refractivity contribution in [3.63, 3.8) is 0 Å². The lowest BCUT2D eigenvalue weighted by Crippen LogP contribution is -2.41. The molecule has 1 N–H and O–H groups in total. The first-order chi connectivity index (χ1) is 12.4. The Hall–Kier alpha value is -1.67. The molecule has 138 valence electrons. The molecule has 0 spiro atoms. The molecule has 1 saturated heterocycles. The number of piperidine rings is 1. The van der Waals surface area contributed by atoms with Gasteiger partial charge in [-0.2, -0.15) is 4.31 Å². The summed E-state index contributed by atoms with van der Waals surface area (Å²) in [6.45, 7) is 0.499. The highest BCUT2D eigenvalue weighted by Gasteiger charge is 2.33. The van der Waals surface area contributed by atoms with Crippen molar-refractivity contribution in [3.05, 3.63) is 52.8 Å². The van der Waals surface area contributed by atoms with Gasteiger partial charge in [0, 0.05) is 42.1 Å². The molecule has 1 aliphatic rings. The molecular formula is C17H17Cl2N3O3S. The molecule has 9 heteroatoms. The second-order valence-corrected chi connectivity index (χ2v) is 8.73. The van der Waals surface area contributed by atoms with E-state index in [4.69, 9.17) is 23.2 Å². The largest absolute Gasteiger partial charge is 0.326 e. The number of sulfonamides is 1. The highest BCUT2D eigenvalue weighted by molar-refractivity contribution is 7.89. The van der Waals surface area contributed by atoms with Crippen LogP contribution in [0.15, 0.2) is 47.6 Å². The molecule has 1 aromatic carbocycles. The lowest BCUT2D eigenvalue weighted by atomic mass is 9.97. The average molecular weight is 414 g/mol. The Morgan fingerprint density at radius 2 is 1.77 bits per heavy atom. The second-order valence-electron chi connectivity index (χ2n) is 5.98.